The Morgan fingerprint density at radius 1 is 1.41 bits per heavy atom. The van der Waals surface area contributed by atoms with Gasteiger partial charge in [-0.05, 0) is 31.4 Å². The van der Waals surface area contributed by atoms with E-state index >= 15 is 0 Å². The first-order valence-electron chi connectivity index (χ1n) is 5.71. The van der Waals surface area contributed by atoms with Crippen LogP contribution >= 0.6 is 11.8 Å². The van der Waals surface area contributed by atoms with E-state index in [9.17, 15) is 5.11 Å². The average Bonchev–Trinajstić information content (AvgIpc) is 2.36. The zero-order valence-electron chi connectivity index (χ0n) is 10.9. The van der Waals surface area contributed by atoms with Gasteiger partial charge in [-0.3, -0.25) is 0 Å². The Bertz CT molecular complexity index is 357. The van der Waals surface area contributed by atoms with Crippen LogP contribution in [0.2, 0.25) is 0 Å². The van der Waals surface area contributed by atoms with Gasteiger partial charge in [-0.15, -0.1) is 0 Å². The standard InChI is InChI=1S/C13H21NO2S/c1-9(17-4)8-14-10(2)12-7-11(16-3)5-6-13(12)15/h5-7,9-10,14-15H,8H2,1-4H3. The van der Waals surface area contributed by atoms with E-state index in [1.165, 1.54) is 0 Å². The van der Waals surface area contributed by atoms with E-state index in [-0.39, 0.29) is 6.04 Å². The molecular formula is C13H21NO2S. The molecule has 2 N–H and O–H groups in total. The van der Waals surface area contributed by atoms with Crippen LogP contribution in [0.25, 0.3) is 0 Å². The number of methoxy groups -OCH3 is 1. The Balaban J connectivity index is 2.70. The first kappa shape index (κ1) is 14.2. The molecule has 3 nitrogen and oxygen atoms in total. The van der Waals surface area contributed by atoms with Gasteiger partial charge in [0.1, 0.15) is 11.5 Å². The molecule has 1 aromatic rings. The van der Waals surface area contributed by atoms with E-state index in [4.69, 9.17) is 4.74 Å². The zero-order chi connectivity index (χ0) is 12.8. The van der Waals surface area contributed by atoms with Gasteiger partial charge < -0.3 is 15.2 Å². The number of nitrogens with one attached hydrogen (secondary N) is 1. The van der Waals surface area contributed by atoms with E-state index in [0.717, 1.165) is 17.9 Å². The van der Waals surface area contributed by atoms with Gasteiger partial charge >= 0.3 is 0 Å². The van der Waals surface area contributed by atoms with Gasteiger partial charge in [0.05, 0.1) is 7.11 Å². The van der Waals surface area contributed by atoms with Gasteiger partial charge in [0, 0.05) is 23.4 Å². The van der Waals surface area contributed by atoms with E-state index in [0.29, 0.717) is 11.0 Å². The van der Waals surface area contributed by atoms with Crippen LogP contribution in [0.1, 0.15) is 25.5 Å². The summed E-state index contributed by atoms with van der Waals surface area (Å²) in [4.78, 5) is 0. The van der Waals surface area contributed by atoms with Crippen molar-refractivity contribution in [1.82, 2.24) is 5.32 Å². The first-order chi connectivity index (χ1) is 8.08. The Hall–Kier alpha value is -0.870. The molecule has 0 amide bonds. The number of rotatable bonds is 6. The highest BCUT2D eigenvalue weighted by Gasteiger charge is 2.12. The highest BCUT2D eigenvalue weighted by molar-refractivity contribution is 7.99. The molecule has 0 spiro atoms. The fraction of sp³-hybridized carbons (Fsp3) is 0.538. The van der Waals surface area contributed by atoms with Crippen LogP contribution in [0.5, 0.6) is 11.5 Å². The smallest absolute Gasteiger partial charge is 0.120 e. The van der Waals surface area contributed by atoms with Crippen molar-refractivity contribution in [2.75, 3.05) is 19.9 Å². The number of ether oxygens (including phenoxy) is 1. The van der Waals surface area contributed by atoms with Gasteiger partial charge in [0.25, 0.3) is 0 Å². The van der Waals surface area contributed by atoms with Crippen molar-refractivity contribution in [2.45, 2.75) is 25.1 Å². The highest BCUT2D eigenvalue weighted by atomic mass is 32.2. The van der Waals surface area contributed by atoms with Gasteiger partial charge in [-0.2, -0.15) is 11.8 Å². The Labute approximate surface area is 108 Å². The number of aromatic hydroxyl groups is 1. The van der Waals surface area contributed by atoms with Gasteiger partial charge in [-0.25, -0.2) is 0 Å². The molecule has 96 valence electrons. The number of thioether (sulfide) groups is 1. The molecule has 0 aliphatic carbocycles. The number of hydrogen-bond acceptors (Lipinski definition) is 4. The van der Waals surface area contributed by atoms with Crippen molar-refractivity contribution >= 4 is 11.8 Å². The topological polar surface area (TPSA) is 41.5 Å². The molecule has 0 aliphatic rings. The van der Waals surface area contributed by atoms with Crippen LogP contribution in [-0.4, -0.2) is 30.3 Å². The monoisotopic (exact) mass is 255 g/mol. The first-order valence-corrected chi connectivity index (χ1v) is 7.00. The molecule has 0 heterocycles. The second-order valence-electron chi connectivity index (χ2n) is 4.10. The van der Waals surface area contributed by atoms with E-state index in [1.807, 2.05) is 24.8 Å². The summed E-state index contributed by atoms with van der Waals surface area (Å²) in [6.07, 6.45) is 2.10. The SMILES string of the molecule is COc1ccc(O)c(C(C)NCC(C)SC)c1. The quantitative estimate of drug-likeness (QED) is 0.820. The Kier molecular flexibility index (Phi) is 5.65. The predicted molar refractivity (Wildman–Crippen MR) is 74.1 cm³/mol. The van der Waals surface area contributed by atoms with E-state index in [2.05, 4.69) is 18.5 Å². The summed E-state index contributed by atoms with van der Waals surface area (Å²) in [5, 5.41) is 13.8. The van der Waals surface area contributed by atoms with Crippen LogP contribution < -0.4 is 10.1 Å². The number of phenols is 1. The molecule has 0 fully saturated rings. The lowest BCUT2D eigenvalue weighted by atomic mass is 10.1. The molecule has 0 saturated heterocycles. The third-order valence-corrected chi connectivity index (χ3v) is 3.79. The molecular weight excluding hydrogens is 234 g/mol. The predicted octanol–water partition coefficient (Wildman–Crippen LogP) is 2.80. The summed E-state index contributed by atoms with van der Waals surface area (Å²) in [5.74, 6) is 1.08. The molecule has 1 rings (SSSR count). The minimum Gasteiger partial charge on any atom is -0.508 e. The lowest BCUT2D eigenvalue weighted by Crippen LogP contribution is -2.25. The summed E-state index contributed by atoms with van der Waals surface area (Å²) in [5.41, 5.74) is 0.873. The lowest BCUT2D eigenvalue weighted by molar-refractivity contribution is 0.407. The Morgan fingerprint density at radius 3 is 2.71 bits per heavy atom. The second kappa shape index (κ2) is 6.77. The van der Waals surface area contributed by atoms with Crippen LogP contribution in [0.3, 0.4) is 0 Å². The molecule has 1 aromatic carbocycles. The van der Waals surface area contributed by atoms with Crippen LogP contribution in [0, 0.1) is 0 Å². The maximum atomic E-state index is 9.82. The normalized spacial score (nSPS) is 14.4. The largest absolute Gasteiger partial charge is 0.508 e. The van der Waals surface area contributed by atoms with Crippen LogP contribution in [0.4, 0.5) is 0 Å². The minimum absolute atomic E-state index is 0.111. The third-order valence-electron chi connectivity index (χ3n) is 2.82. The zero-order valence-corrected chi connectivity index (χ0v) is 11.7. The van der Waals surface area contributed by atoms with Crippen molar-refractivity contribution in [1.29, 1.82) is 0 Å². The maximum Gasteiger partial charge on any atom is 0.120 e. The van der Waals surface area contributed by atoms with Crippen molar-refractivity contribution in [2.24, 2.45) is 0 Å². The second-order valence-corrected chi connectivity index (χ2v) is 5.38. The van der Waals surface area contributed by atoms with Crippen molar-refractivity contribution in [3.63, 3.8) is 0 Å². The summed E-state index contributed by atoms with van der Waals surface area (Å²) < 4.78 is 5.16. The fourth-order valence-electron chi connectivity index (χ4n) is 1.54. The molecule has 0 saturated carbocycles. The lowest BCUT2D eigenvalue weighted by Gasteiger charge is -2.18. The van der Waals surface area contributed by atoms with Crippen LogP contribution in [-0.2, 0) is 0 Å². The van der Waals surface area contributed by atoms with Gasteiger partial charge in [0.2, 0.25) is 0 Å². The number of phenolic OH excluding ortho intramolecular Hbond substituents is 1. The van der Waals surface area contributed by atoms with Gasteiger partial charge in [0.15, 0.2) is 0 Å². The molecule has 0 radical (unpaired) electrons. The van der Waals surface area contributed by atoms with E-state index in [1.54, 1.807) is 19.2 Å². The molecule has 2 atom stereocenters. The summed E-state index contributed by atoms with van der Waals surface area (Å²) in [6.45, 7) is 5.14. The molecule has 17 heavy (non-hydrogen) atoms. The van der Waals surface area contributed by atoms with Crippen molar-refractivity contribution in [3.8, 4) is 11.5 Å². The van der Waals surface area contributed by atoms with Crippen molar-refractivity contribution < 1.29 is 9.84 Å². The summed E-state index contributed by atoms with van der Waals surface area (Å²) >= 11 is 1.82. The molecule has 0 aromatic heterocycles. The molecule has 2 unspecified atom stereocenters. The maximum absolute atomic E-state index is 9.82. The molecule has 0 bridgehead atoms. The Morgan fingerprint density at radius 2 is 2.12 bits per heavy atom. The fourth-order valence-corrected chi connectivity index (χ4v) is 1.81. The summed E-state index contributed by atoms with van der Waals surface area (Å²) in [6, 6.07) is 5.41. The molecule has 4 heteroatoms. The molecule has 0 aliphatic heterocycles. The van der Waals surface area contributed by atoms with E-state index < -0.39 is 0 Å². The van der Waals surface area contributed by atoms with Gasteiger partial charge in [-0.1, -0.05) is 6.92 Å². The number of benzene rings is 1. The average molecular weight is 255 g/mol. The number of hydrogen-bond donors (Lipinski definition) is 2. The highest BCUT2D eigenvalue weighted by Crippen LogP contribution is 2.28. The third kappa shape index (κ3) is 4.13. The van der Waals surface area contributed by atoms with Crippen molar-refractivity contribution in [3.05, 3.63) is 23.8 Å². The minimum atomic E-state index is 0.111. The summed E-state index contributed by atoms with van der Waals surface area (Å²) in [7, 11) is 1.63. The van der Waals surface area contributed by atoms with Crippen LogP contribution in [0.15, 0.2) is 18.2 Å².